The molecule has 0 atom stereocenters. The molecular formula is C36H62O4. The summed E-state index contributed by atoms with van der Waals surface area (Å²) in [6.07, 6.45) is 21.1. The highest BCUT2D eigenvalue weighted by atomic mass is 16.6. The maximum absolute atomic E-state index is 13.6. The normalized spacial score (nSPS) is 12.0. The number of esters is 2. The van der Waals surface area contributed by atoms with Gasteiger partial charge in [-0.3, -0.25) is 0 Å². The van der Waals surface area contributed by atoms with Crippen LogP contribution in [-0.2, 0) is 22.3 Å². The Morgan fingerprint density at radius 2 is 0.775 bits per heavy atom. The van der Waals surface area contributed by atoms with E-state index in [2.05, 4.69) is 26.0 Å². The summed E-state index contributed by atoms with van der Waals surface area (Å²) in [5.74, 6) is -0.832. The molecule has 0 aliphatic heterocycles. The molecule has 0 heterocycles. The Bertz CT molecular complexity index is 786. The van der Waals surface area contributed by atoms with Gasteiger partial charge in [0.25, 0.3) is 0 Å². The second-order valence-electron chi connectivity index (χ2n) is 13.6. The second-order valence-corrected chi connectivity index (χ2v) is 13.6. The number of hydrogen-bond donors (Lipinski definition) is 0. The first kappa shape index (κ1) is 36.2. The van der Waals surface area contributed by atoms with Gasteiger partial charge in [0.1, 0.15) is 11.2 Å². The maximum atomic E-state index is 13.6. The average molecular weight is 559 g/mol. The number of ether oxygens (including phenoxy) is 2. The van der Waals surface area contributed by atoms with Crippen LogP contribution in [-0.4, -0.2) is 23.1 Å². The van der Waals surface area contributed by atoms with Crippen LogP contribution >= 0.6 is 0 Å². The van der Waals surface area contributed by atoms with Gasteiger partial charge in [-0.2, -0.15) is 0 Å². The van der Waals surface area contributed by atoms with Gasteiger partial charge in [-0.05, 0) is 78.4 Å². The SMILES string of the molecule is CCCCCCCCCCc1ccc(CCCCCCCCCC)c(C(=O)OC(C)(C)C)c1C(=O)OC(C)(C)C. The molecular weight excluding hydrogens is 496 g/mol. The second kappa shape index (κ2) is 19.3. The molecule has 0 fully saturated rings. The third-order valence-electron chi connectivity index (χ3n) is 7.18. The van der Waals surface area contributed by atoms with E-state index in [1.165, 1.54) is 77.0 Å². The van der Waals surface area contributed by atoms with Crippen LogP contribution in [0.5, 0.6) is 0 Å². The van der Waals surface area contributed by atoms with Gasteiger partial charge >= 0.3 is 11.9 Å². The Balaban J connectivity index is 3.15. The molecule has 4 nitrogen and oxygen atoms in total. The average Bonchev–Trinajstić information content (AvgIpc) is 2.85. The Morgan fingerprint density at radius 3 is 1.05 bits per heavy atom. The number of rotatable bonds is 20. The van der Waals surface area contributed by atoms with E-state index in [1.54, 1.807) is 0 Å². The van der Waals surface area contributed by atoms with Crippen LogP contribution < -0.4 is 0 Å². The number of aryl methyl sites for hydroxylation is 2. The molecule has 0 aliphatic rings. The standard InChI is InChI=1S/C36H62O4/c1-9-11-13-15-17-19-21-23-25-29-27-28-30(26-24-22-20-18-16-14-12-10-2)32(34(38)40-36(6,7)8)31(29)33(37)39-35(3,4)5/h27-28H,9-26H2,1-8H3. The number of benzene rings is 1. The van der Waals surface area contributed by atoms with E-state index in [9.17, 15) is 9.59 Å². The number of carbonyl (C=O) groups is 2. The number of hydrogen-bond acceptors (Lipinski definition) is 4. The molecule has 0 N–H and O–H groups in total. The first-order valence-corrected chi connectivity index (χ1v) is 16.5. The summed E-state index contributed by atoms with van der Waals surface area (Å²) < 4.78 is 11.7. The van der Waals surface area contributed by atoms with Crippen molar-refractivity contribution in [3.8, 4) is 0 Å². The van der Waals surface area contributed by atoms with Crippen LogP contribution in [0.2, 0.25) is 0 Å². The van der Waals surface area contributed by atoms with Gasteiger partial charge in [-0.25, -0.2) is 9.59 Å². The van der Waals surface area contributed by atoms with Crippen LogP contribution in [0, 0.1) is 0 Å². The van der Waals surface area contributed by atoms with Crippen molar-refractivity contribution < 1.29 is 19.1 Å². The van der Waals surface area contributed by atoms with Crippen molar-refractivity contribution in [1.82, 2.24) is 0 Å². The van der Waals surface area contributed by atoms with E-state index < -0.39 is 23.1 Å². The molecule has 230 valence electrons. The van der Waals surface area contributed by atoms with E-state index in [4.69, 9.17) is 9.47 Å². The van der Waals surface area contributed by atoms with Crippen molar-refractivity contribution in [3.05, 3.63) is 34.4 Å². The molecule has 0 radical (unpaired) electrons. The lowest BCUT2D eigenvalue weighted by atomic mass is 9.90. The predicted octanol–water partition coefficient (Wildman–Crippen LogP) is 11.0. The van der Waals surface area contributed by atoms with E-state index in [1.807, 2.05) is 41.5 Å². The lowest BCUT2D eigenvalue weighted by Crippen LogP contribution is -2.29. The van der Waals surface area contributed by atoms with Crippen molar-refractivity contribution in [3.63, 3.8) is 0 Å². The van der Waals surface area contributed by atoms with Crippen LogP contribution in [0.25, 0.3) is 0 Å². The highest BCUT2D eigenvalue weighted by Crippen LogP contribution is 2.28. The molecule has 0 spiro atoms. The number of carbonyl (C=O) groups excluding carboxylic acids is 2. The molecule has 1 rings (SSSR count). The maximum Gasteiger partial charge on any atom is 0.339 e. The Kier molecular flexibility index (Phi) is 17.5. The summed E-state index contributed by atoms with van der Waals surface area (Å²) in [5.41, 5.74) is 1.35. The Labute approximate surface area is 247 Å². The molecule has 0 unspecified atom stereocenters. The summed E-state index contributed by atoms with van der Waals surface area (Å²) in [4.78, 5) is 27.3. The van der Waals surface area contributed by atoms with Crippen LogP contribution in [0.4, 0.5) is 0 Å². The minimum Gasteiger partial charge on any atom is -0.456 e. The van der Waals surface area contributed by atoms with Crippen LogP contribution in [0.15, 0.2) is 12.1 Å². The van der Waals surface area contributed by atoms with E-state index >= 15 is 0 Å². The molecule has 0 aromatic heterocycles. The molecule has 0 bridgehead atoms. The zero-order valence-corrected chi connectivity index (χ0v) is 27.5. The molecule has 40 heavy (non-hydrogen) atoms. The summed E-state index contributed by atoms with van der Waals surface area (Å²) in [7, 11) is 0. The van der Waals surface area contributed by atoms with Crippen molar-refractivity contribution in [2.45, 2.75) is 182 Å². The largest absolute Gasteiger partial charge is 0.456 e. The van der Waals surface area contributed by atoms with Gasteiger partial charge in [0, 0.05) is 0 Å². The summed E-state index contributed by atoms with van der Waals surface area (Å²) in [6.45, 7) is 15.7. The van der Waals surface area contributed by atoms with E-state index in [0.717, 1.165) is 49.7 Å². The van der Waals surface area contributed by atoms with Crippen molar-refractivity contribution in [2.75, 3.05) is 0 Å². The van der Waals surface area contributed by atoms with Crippen LogP contribution in [0.3, 0.4) is 0 Å². The number of unbranched alkanes of at least 4 members (excludes halogenated alkanes) is 14. The molecule has 0 saturated carbocycles. The molecule has 1 aromatic carbocycles. The lowest BCUT2D eigenvalue weighted by molar-refractivity contribution is 0.00165. The predicted molar refractivity (Wildman–Crippen MR) is 169 cm³/mol. The van der Waals surface area contributed by atoms with Gasteiger partial charge in [-0.1, -0.05) is 116 Å². The smallest absolute Gasteiger partial charge is 0.339 e. The van der Waals surface area contributed by atoms with Crippen molar-refractivity contribution >= 4 is 11.9 Å². The molecule has 1 aromatic rings. The molecule has 0 saturated heterocycles. The molecule has 4 heteroatoms. The fourth-order valence-corrected chi connectivity index (χ4v) is 5.13. The minimum atomic E-state index is -0.647. The Morgan fingerprint density at radius 1 is 0.500 bits per heavy atom. The lowest BCUT2D eigenvalue weighted by Gasteiger charge is -2.25. The Hall–Kier alpha value is -1.84. The highest BCUT2D eigenvalue weighted by molar-refractivity contribution is 6.05. The van der Waals surface area contributed by atoms with E-state index in [-0.39, 0.29) is 0 Å². The third-order valence-corrected chi connectivity index (χ3v) is 7.18. The van der Waals surface area contributed by atoms with Gasteiger partial charge in [0.05, 0.1) is 11.1 Å². The molecule has 0 amide bonds. The third kappa shape index (κ3) is 15.8. The minimum absolute atomic E-state index is 0.416. The highest BCUT2D eigenvalue weighted by Gasteiger charge is 2.30. The van der Waals surface area contributed by atoms with Gasteiger partial charge < -0.3 is 9.47 Å². The van der Waals surface area contributed by atoms with Crippen molar-refractivity contribution in [1.29, 1.82) is 0 Å². The monoisotopic (exact) mass is 558 g/mol. The molecule has 0 aliphatic carbocycles. The quantitative estimate of drug-likeness (QED) is 0.118. The van der Waals surface area contributed by atoms with Gasteiger partial charge in [0.2, 0.25) is 0 Å². The van der Waals surface area contributed by atoms with Gasteiger partial charge in [-0.15, -0.1) is 0 Å². The van der Waals surface area contributed by atoms with E-state index in [0.29, 0.717) is 11.1 Å². The fourth-order valence-electron chi connectivity index (χ4n) is 5.13. The topological polar surface area (TPSA) is 52.6 Å². The van der Waals surface area contributed by atoms with Crippen LogP contribution in [0.1, 0.15) is 190 Å². The summed E-state index contributed by atoms with van der Waals surface area (Å²) >= 11 is 0. The first-order valence-electron chi connectivity index (χ1n) is 16.5. The first-order chi connectivity index (χ1) is 18.9. The fraction of sp³-hybridized carbons (Fsp3) is 0.778. The summed E-state index contributed by atoms with van der Waals surface area (Å²) in [5, 5.41) is 0. The van der Waals surface area contributed by atoms with Crippen molar-refractivity contribution in [2.24, 2.45) is 0 Å². The van der Waals surface area contributed by atoms with Gasteiger partial charge in [0.15, 0.2) is 0 Å². The zero-order valence-electron chi connectivity index (χ0n) is 27.5. The zero-order chi connectivity index (χ0) is 30.0. The summed E-state index contributed by atoms with van der Waals surface area (Å²) in [6, 6.07) is 4.13.